The van der Waals surface area contributed by atoms with Gasteiger partial charge in [0.2, 0.25) is 5.89 Å². The van der Waals surface area contributed by atoms with Crippen LogP contribution in [-0.4, -0.2) is 23.1 Å². The van der Waals surface area contributed by atoms with Crippen LogP contribution in [0.15, 0.2) is 33.9 Å². The van der Waals surface area contributed by atoms with Gasteiger partial charge in [-0.3, -0.25) is 0 Å². The molecule has 1 heterocycles. The highest BCUT2D eigenvalue weighted by Crippen LogP contribution is 2.33. The van der Waals surface area contributed by atoms with Crippen LogP contribution in [0.3, 0.4) is 0 Å². The summed E-state index contributed by atoms with van der Waals surface area (Å²) in [5.41, 5.74) is 0.897. The zero-order valence-electron chi connectivity index (χ0n) is 11.1. The molecule has 2 aromatic rings. The van der Waals surface area contributed by atoms with Crippen molar-refractivity contribution in [3.63, 3.8) is 0 Å². The van der Waals surface area contributed by atoms with Gasteiger partial charge in [-0.15, -0.1) is 5.10 Å². The second-order valence-electron chi connectivity index (χ2n) is 4.36. The molecule has 0 radical (unpaired) electrons. The van der Waals surface area contributed by atoms with Gasteiger partial charge >= 0.3 is 0 Å². The molecule has 0 saturated carbocycles. The third-order valence-corrected chi connectivity index (χ3v) is 4.69. The van der Waals surface area contributed by atoms with Crippen LogP contribution in [0.25, 0.3) is 11.5 Å². The fourth-order valence-corrected chi connectivity index (χ4v) is 3.47. The first-order valence-corrected chi connectivity index (χ1v) is 8.28. The Labute approximate surface area is 120 Å². The Morgan fingerprint density at radius 3 is 2.58 bits per heavy atom. The summed E-state index contributed by atoms with van der Waals surface area (Å²) < 4.78 is 10.7. The molecule has 0 unspecified atom stereocenters. The van der Waals surface area contributed by atoms with Gasteiger partial charge in [0.25, 0.3) is 5.22 Å². The minimum Gasteiger partial charge on any atom is -0.497 e. The Morgan fingerprint density at radius 1 is 1.21 bits per heavy atom. The summed E-state index contributed by atoms with van der Waals surface area (Å²) in [6.07, 6.45) is 0. The summed E-state index contributed by atoms with van der Waals surface area (Å²) in [6.45, 7) is 4.37. The molecule has 0 aliphatic rings. The van der Waals surface area contributed by atoms with E-state index in [0.717, 1.165) is 17.1 Å². The van der Waals surface area contributed by atoms with Gasteiger partial charge in [-0.1, -0.05) is 29.7 Å². The molecule has 0 atom stereocenters. The Bertz CT molecular complexity index is 512. The molecule has 1 aromatic heterocycles. The highest BCUT2D eigenvalue weighted by molar-refractivity contribution is 8.76. The number of benzene rings is 1. The molecule has 19 heavy (non-hydrogen) atoms. The van der Waals surface area contributed by atoms with E-state index in [1.165, 1.54) is 10.8 Å². The van der Waals surface area contributed by atoms with Crippen molar-refractivity contribution in [2.75, 3.05) is 12.9 Å². The topological polar surface area (TPSA) is 48.2 Å². The lowest BCUT2D eigenvalue weighted by molar-refractivity contribution is 0.414. The molecule has 0 aliphatic heterocycles. The van der Waals surface area contributed by atoms with Crippen LogP contribution in [0.4, 0.5) is 0 Å². The summed E-state index contributed by atoms with van der Waals surface area (Å²) in [5, 5.41) is 8.67. The molecule has 0 amide bonds. The SMILES string of the molecule is COc1ccc(-c2nnc(SSCC(C)C)o2)cc1. The quantitative estimate of drug-likeness (QED) is 0.747. The number of rotatable bonds is 6. The first-order chi connectivity index (χ1) is 9.19. The largest absolute Gasteiger partial charge is 0.497 e. The molecular formula is C13H16N2O2S2. The minimum absolute atomic E-state index is 0.537. The number of ether oxygens (including phenoxy) is 1. The Kier molecular flexibility index (Phi) is 5.15. The minimum atomic E-state index is 0.537. The average molecular weight is 296 g/mol. The number of hydrogen-bond donors (Lipinski definition) is 0. The third kappa shape index (κ3) is 4.18. The normalized spacial score (nSPS) is 10.9. The lowest BCUT2D eigenvalue weighted by Crippen LogP contribution is -1.87. The molecular weight excluding hydrogens is 280 g/mol. The fraction of sp³-hybridized carbons (Fsp3) is 0.385. The van der Waals surface area contributed by atoms with Crippen molar-refractivity contribution in [3.8, 4) is 17.2 Å². The van der Waals surface area contributed by atoms with Crippen LogP contribution in [0.2, 0.25) is 0 Å². The van der Waals surface area contributed by atoms with Gasteiger partial charge in [-0.25, -0.2) is 0 Å². The van der Waals surface area contributed by atoms with E-state index in [0.29, 0.717) is 17.0 Å². The van der Waals surface area contributed by atoms with Gasteiger partial charge in [0.05, 0.1) is 7.11 Å². The van der Waals surface area contributed by atoms with E-state index in [1.807, 2.05) is 24.3 Å². The van der Waals surface area contributed by atoms with E-state index in [-0.39, 0.29) is 0 Å². The fourth-order valence-electron chi connectivity index (χ4n) is 1.31. The summed E-state index contributed by atoms with van der Waals surface area (Å²) >= 11 is 0. The van der Waals surface area contributed by atoms with E-state index in [4.69, 9.17) is 9.15 Å². The van der Waals surface area contributed by atoms with E-state index in [1.54, 1.807) is 17.9 Å². The summed E-state index contributed by atoms with van der Waals surface area (Å²) in [5.74, 6) is 3.06. The van der Waals surface area contributed by atoms with Crippen LogP contribution in [0, 0.1) is 5.92 Å². The molecule has 6 heteroatoms. The maximum Gasteiger partial charge on any atom is 0.287 e. The molecule has 0 fully saturated rings. The summed E-state index contributed by atoms with van der Waals surface area (Å²) in [6, 6.07) is 7.56. The third-order valence-electron chi connectivity index (χ3n) is 2.28. The van der Waals surface area contributed by atoms with E-state index >= 15 is 0 Å². The maximum absolute atomic E-state index is 5.60. The molecule has 0 N–H and O–H groups in total. The first kappa shape index (κ1) is 14.3. The van der Waals surface area contributed by atoms with E-state index in [9.17, 15) is 0 Å². The molecule has 0 bridgehead atoms. The van der Waals surface area contributed by atoms with Gasteiger partial charge < -0.3 is 9.15 Å². The van der Waals surface area contributed by atoms with E-state index < -0.39 is 0 Å². The number of methoxy groups -OCH3 is 1. The first-order valence-electron chi connectivity index (χ1n) is 5.96. The van der Waals surface area contributed by atoms with Crippen LogP contribution < -0.4 is 4.74 Å². The Hall–Kier alpha value is -1.14. The molecule has 0 spiro atoms. The lowest BCUT2D eigenvalue weighted by atomic mass is 10.2. The summed E-state index contributed by atoms with van der Waals surface area (Å²) in [4.78, 5) is 0. The molecule has 4 nitrogen and oxygen atoms in total. The van der Waals surface area contributed by atoms with Gasteiger partial charge in [0, 0.05) is 22.1 Å². The molecule has 1 aromatic carbocycles. The van der Waals surface area contributed by atoms with Crippen LogP contribution in [0.5, 0.6) is 5.75 Å². The number of nitrogens with zero attached hydrogens (tertiary/aromatic N) is 2. The van der Waals surface area contributed by atoms with Gasteiger partial charge in [0.1, 0.15) is 5.75 Å². The highest BCUT2D eigenvalue weighted by Gasteiger charge is 2.09. The molecule has 2 rings (SSSR count). The van der Waals surface area contributed by atoms with Crippen molar-refractivity contribution < 1.29 is 9.15 Å². The van der Waals surface area contributed by atoms with Crippen LogP contribution >= 0.6 is 21.6 Å². The van der Waals surface area contributed by atoms with Crippen molar-refractivity contribution in [1.82, 2.24) is 10.2 Å². The highest BCUT2D eigenvalue weighted by atomic mass is 33.1. The summed E-state index contributed by atoms with van der Waals surface area (Å²) in [7, 11) is 4.89. The van der Waals surface area contributed by atoms with Crippen molar-refractivity contribution in [2.24, 2.45) is 5.92 Å². The van der Waals surface area contributed by atoms with Crippen molar-refractivity contribution in [2.45, 2.75) is 19.1 Å². The van der Waals surface area contributed by atoms with Gasteiger partial charge in [0.15, 0.2) is 0 Å². The molecule has 102 valence electrons. The van der Waals surface area contributed by atoms with Crippen molar-refractivity contribution in [1.29, 1.82) is 0 Å². The second-order valence-corrected chi connectivity index (χ2v) is 6.66. The zero-order valence-corrected chi connectivity index (χ0v) is 12.8. The zero-order chi connectivity index (χ0) is 13.7. The van der Waals surface area contributed by atoms with Gasteiger partial charge in [-0.05, 0) is 30.2 Å². The molecule has 0 saturated heterocycles. The Balaban J connectivity index is 1.99. The number of aromatic nitrogens is 2. The maximum atomic E-state index is 5.60. The predicted molar refractivity (Wildman–Crippen MR) is 79.4 cm³/mol. The smallest absolute Gasteiger partial charge is 0.287 e. The number of hydrogen-bond acceptors (Lipinski definition) is 6. The van der Waals surface area contributed by atoms with Gasteiger partial charge in [-0.2, -0.15) is 0 Å². The standard InChI is InChI=1S/C13H16N2O2S2/c1-9(2)8-18-19-13-15-14-12(17-13)10-4-6-11(16-3)7-5-10/h4-7,9H,8H2,1-3H3. The van der Waals surface area contributed by atoms with Crippen LogP contribution in [0.1, 0.15) is 13.8 Å². The van der Waals surface area contributed by atoms with Crippen molar-refractivity contribution in [3.05, 3.63) is 24.3 Å². The predicted octanol–water partition coefficient (Wildman–Crippen LogP) is 4.14. The average Bonchev–Trinajstić information content (AvgIpc) is 2.87. The van der Waals surface area contributed by atoms with Crippen molar-refractivity contribution >= 4 is 21.6 Å². The van der Waals surface area contributed by atoms with E-state index in [2.05, 4.69) is 24.0 Å². The molecule has 0 aliphatic carbocycles. The monoisotopic (exact) mass is 296 g/mol. The Morgan fingerprint density at radius 2 is 1.95 bits per heavy atom. The second kappa shape index (κ2) is 6.86. The lowest BCUT2D eigenvalue weighted by Gasteiger charge is -2.00. The van der Waals surface area contributed by atoms with Crippen LogP contribution in [-0.2, 0) is 0 Å².